The van der Waals surface area contributed by atoms with E-state index in [2.05, 4.69) is 15.5 Å². The maximum Gasteiger partial charge on any atom is 0.238 e. The van der Waals surface area contributed by atoms with Crippen LogP contribution in [0.2, 0.25) is 0 Å². The second-order valence-corrected chi connectivity index (χ2v) is 4.95. The van der Waals surface area contributed by atoms with Gasteiger partial charge in [-0.1, -0.05) is 0 Å². The largest absolute Gasteiger partial charge is 0.493 e. The molecule has 2 N–H and O–H groups in total. The molecule has 21 heavy (non-hydrogen) atoms. The average Bonchev–Trinajstić information content (AvgIpc) is 2.46. The Morgan fingerprint density at radius 2 is 1.90 bits per heavy atom. The second-order valence-electron chi connectivity index (χ2n) is 4.95. The zero-order chi connectivity index (χ0) is 15.7. The predicted octanol–water partition coefficient (Wildman–Crippen LogP) is 1.18. The van der Waals surface area contributed by atoms with Crippen molar-refractivity contribution in [3.8, 4) is 11.5 Å². The number of carbonyl (C=O) groups excluding carboxylic acids is 1. The Kier molecular flexibility index (Phi) is 7.56. The Hall–Kier alpha value is -1.79. The molecule has 1 rings (SSSR count). The Labute approximate surface area is 126 Å². The highest BCUT2D eigenvalue weighted by Gasteiger charge is 2.07. The molecular formula is C15H25N3O3. The third kappa shape index (κ3) is 6.46. The van der Waals surface area contributed by atoms with E-state index < -0.39 is 0 Å². The zero-order valence-electron chi connectivity index (χ0n) is 13.2. The Bertz CT molecular complexity index is 450. The number of hydrogen-bond donors (Lipinski definition) is 2. The molecule has 0 unspecified atom stereocenters. The molecule has 0 aliphatic heterocycles. The highest BCUT2D eigenvalue weighted by atomic mass is 16.5. The summed E-state index contributed by atoms with van der Waals surface area (Å²) >= 11 is 0. The van der Waals surface area contributed by atoms with Gasteiger partial charge in [0, 0.05) is 11.8 Å². The molecule has 0 aromatic heterocycles. The maximum absolute atomic E-state index is 11.8. The fraction of sp³-hybridized carbons (Fsp3) is 0.533. The van der Waals surface area contributed by atoms with Crippen LogP contribution >= 0.6 is 0 Å². The molecule has 0 saturated heterocycles. The van der Waals surface area contributed by atoms with Gasteiger partial charge in [-0.3, -0.25) is 4.79 Å². The van der Waals surface area contributed by atoms with Gasteiger partial charge in [0.05, 0.1) is 20.8 Å². The van der Waals surface area contributed by atoms with Gasteiger partial charge in [-0.15, -0.1) is 0 Å². The van der Waals surface area contributed by atoms with Crippen molar-refractivity contribution in [2.45, 2.75) is 6.42 Å². The van der Waals surface area contributed by atoms with Crippen LogP contribution in [0.5, 0.6) is 11.5 Å². The average molecular weight is 295 g/mol. The van der Waals surface area contributed by atoms with E-state index in [1.54, 1.807) is 32.4 Å². The number of rotatable bonds is 9. The van der Waals surface area contributed by atoms with E-state index in [9.17, 15) is 4.79 Å². The summed E-state index contributed by atoms with van der Waals surface area (Å²) < 4.78 is 10.4. The second kappa shape index (κ2) is 9.20. The van der Waals surface area contributed by atoms with Crippen LogP contribution in [0.1, 0.15) is 6.42 Å². The van der Waals surface area contributed by atoms with Gasteiger partial charge in [-0.05, 0) is 45.7 Å². The van der Waals surface area contributed by atoms with Crippen LogP contribution in [-0.4, -0.2) is 58.8 Å². The number of amides is 1. The minimum atomic E-state index is -0.0768. The monoisotopic (exact) mass is 295 g/mol. The fourth-order valence-corrected chi connectivity index (χ4v) is 1.84. The third-order valence-corrected chi connectivity index (χ3v) is 2.91. The lowest BCUT2D eigenvalue weighted by Crippen LogP contribution is -2.30. The van der Waals surface area contributed by atoms with Gasteiger partial charge in [0.1, 0.15) is 0 Å². The Morgan fingerprint density at radius 3 is 2.52 bits per heavy atom. The molecule has 6 nitrogen and oxygen atoms in total. The van der Waals surface area contributed by atoms with Crippen molar-refractivity contribution in [1.29, 1.82) is 0 Å². The van der Waals surface area contributed by atoms with Crippen LogP contribution in [0.4, 0.5) is 5.69 Å². The number of methoxy groups -OCH3 is 2. The van der Waals surface area contributed by atoms with E-state index in [4.69, 9.17) is 9.47 Å². The minimum absolute atomic E-state index is 0.0768. The van der Waals surface area contributed by atoms with Crippen LogP contribution < -0.4 is 20.1 Å². The molecule has 0 saturated carbocycles. The molecule has 0 aliphatic carbocycles. The highest BCUT2D eigenvalue weighted by molar-refractivity contribution is 5.92. The number of nitrogens with zero attached hydrogens (tertiary/aromatic N) is 1. The Morgan fingerprint density at radius 1 is 1.19 bits per heavy atom. The summed E-state index contributed by atoms with van der Waals surface area (Å²) in [7, 11) is 7.21. The van der Waals surface area contributed by atoms with Crippen molar-refractivity contribution >= 4 is 11.6 Å². The standard InChI is InChI=1S/C15H25N3O3/c1-18(2)9-5-8-16-11-15(19)17-12-6-7-13(20-3)14(10-12)21-4/h6-7,10,16H,5,8-9,11H2,1-4H3,(H,17,19). The van der Waals surface area contributed by atoms with E-state index in [1.807, 2.05) is 14.1 Å². The molecule has 1 aromatic rings. The van der Waals surface area contributed by atoms with E-state index in [0.29, 0.717) is 23.7 Å². The van der Waals surface area contributed by atoms with Crippen molar-refractivity contribution in [3.63, 3.8) is 0 Å². The summed E-state index contributed by atoms with van der Waals surface area (Å²) in [5, 5.41) is 5.94. The van der Waals surface area contributed by atoms with Crippen LogP contribution in [0.15, 0.2) is 18.2 Å². The van der Waals surface area contributed by atoms with E-state index in [1.165, 1.54) is 0 Å². The number of ether oxygens (including phenoxy) is 2. The molecule has 1 aromatic carbocycles. The quantitative estimate of drug-likeness (QED) is 0.670. The SMILES string of the molecule is COc1ccc(NC(=O)CNCCCN(C)C)cc1OC. The van der Waals surface area contributed by atoms with Gasteiger partial charge in [0.2, 0.25) is 5.91 Å². The number of hydrogen-bond acceptors (Lipinski definition) is 5. The zero-order valence-corrected chi connectivity index (χ0v) is 13.2. The molecule has 0 fully saturated rings. The first-order valence-electron chi connectivity index (χ1n) is 6.94. The van der Waals surface area contributed by atoms with Gasteiger partial charge in [-0.25, -0.2) is 0 Å². The molecule has 1 amide bonds. The van der Waals surface area contributed by atoms with Crippen molar-refractivity contribution in [2.24, 2.45) is 0 Å². The first-order valence-corrected chi connectivity index (χ1v) is 6.94. The number of carbonyl (C=O) groups is 1. The minimum Gasteiger partial charge on any atom is -0.493 e. The molecule has 0 radical (unpaired) electrons. The van der Waals surface area contributed by atoms with Gasteiger partial charge in [0.15, 0.2) is 11.5 Å². The van der Waals surface area contributed by atoms with E-state index in [-0.39, 0.29) is 5.91 Å². The molecule has 0 atom stereocenters. The van der Waals surface area contributed by atoms with Gasteiger partial charge in [0.25, 0.3) is 0 Å². The predicted molar refractivity (Wildman–Crippen MR) is 84.2 cm³/mol. The molecule has 0 heterocycles. The third-order valence-electron chi connectivity index (χ3n) is 2.91. The molecule has 0 aliphatic rings. The molecular weight excluding hydrogens is 270 g/mol. The highest BCUT2D eigenvalue weighted by Crippen LogP contribution is 2.29. The summed E-state index contributed by atoms with van der Waals surface area (Å²) in [6, 6.07) is 5.28. The number of benzene rings is 1. The summed E-state index contributed by atoms with van der Waals surface area (Å²) in [6.45, 7) is 2.11. The number of nitrogens with one attached hydrogen (secondary N) is 2. The van der Waals surface area contributed by atoms with E-state index >= 15 is 0 Å². The molecule has 0 bridgehead atoms. The maximum atomic E-state index is 11.8. The smallest absolute Gasteiger partial charge is 0.238 e. The summed E-state index contributed by atoms with van der Waals surface area (Å²) in [6.07, 6.45) is 1.01. The van der Waals surface area contributed by atoms with Gasteiger partial charge >= 0.3 is 0 Å². The van der Waals surface area contributed by atoms with Crippen LogP contribution in [0.25, 0.3) is 0 Å². The van der Waals surface area contributed by atoms with Crippen molar-refractivity contribution in [2.75, 3.05) is 53.3 Å². The van der Waals surface area contributed by atoms with Gasteiger partial charge < -0.3 is 25.0 Å². The molecule has 0 spiro atoms. The lowest BCUT2D eigenvalue weighted by molar-refractivity contribution is -0.115. The van der Waals surface area contributed by atoms with Crippen LogP contribution in [0, 0.1) is 0 Å². The van der Waals surface area contributed by atoms with Crippen LogP contribution in [-0.2, 0) is 4.79 Å². The summed E-state index contributed by atoms with van der Waals surface area (Å²) in [5.41, 5.74) is 0.688. The first kappa shape index (κ1) is 17.3. The normalized spacial score (nSPS) is 10.5. The number of anilines is 1. The Balaban J connectivity index is 2.37. The van der Waals surface area contributed by atoms with Crippen molar-refractivity contribution in [3.05, 3.63) is 18.2 Å². The van der Waals surface area contributed by atoms with Crippen molar-refractivity contribution in [1.82, 2.24) is 10.2 Å². The lowest BCUT2D eigenvalue weighted by Gasteiger charge is -2.11. The fourth-order valence-electron chi connectivity index (χ4n) is 1.84. The molecule has 6 heteroatoms. The lowest BCUT2D eigenvalue weighted by atomic mass is 10.2. The van der Waals surface area contributed by atoms with Crippen molar-refractivity contribution < 1.29 is 14.3 Å². The summed E-state index contributed by atoms with van der Waals surface area (Å²) in [5.74, 6) is 1.15. The molecule has 118 valence electrons. The first-order chi connectivity index (χ1) is 10.1. The summed E-state index contributed by atoms with van der Waals surface area (Å²) in [4.78, 5) is 13.9. The van der Waals surface area contributed by atoms with Gasteiger partial charge in [-0.2, -0.15) is 0 Å². The van der Waals surface area contributed by atoms with E-state index in [0.717, 1.165) is 19.5 Å². The topological polar surface area (TPSA) is 62.8 Å². The van der Waals surface area contributed by atoms with Crippen LogP contribution in [0.3, 0.4) is 0 Å².